The fourth-order valence-electron chi connectivity index (χ4n) is 1.43. The summed E-state index contributed by atoms with van der Waals surface area (Å²) in [6.45, 7) is 0.808. The van der Waals surface area contributed by atoms with E-state index in [1.165, 1.54) is 5.56 Å². The zero-order valence-electron chi connectivity index (χ0n) is 8.88. The lowest BCUT2D eigenvalue weighted by Gasteiger charge is -2.09. The van der Waals surface area contributed by atoms with Crippen molar-refractivity contribution < 1.29 is 0 Å². The number of hydrogen-bond donors (Lipinski definition) is 1. The van der Waals surface area contributed by atoms with Gasteiger partial charge in [0.2, 0.25) is 0 Å². The summed E-state index contributed by atoms with van der Waals surface area (Å²) in [6, 6.07) is 14.4. The molecule has 2 aromatic carbocycles. The second-order valence-electron chi connectivity index (χ2n) is 3.60. The van der Waals surface area contributed by atoms with Crippen molar-refractivity contribution >= 4 is 53.5 Å². The van der Waals surface area contributed by atoms with Gasteiger partial charge in [-0.1, -0.05) is 44.0 Å². The van der Waals surface area contributed by atoms with Crippen molar-refractivity contribution in [3.05, 3.63) is 61.4 Å². The fourth-order valence-corrected chi connectivity index (χ4v) is 2.44. The van der Waals surface area contributed by atoms with Gasteiger partial charge in [-0.2, -0.15) is 0 Å². The molecule has 0 unspecified atom stereocenters. The van der Waals surface area contributed by atoms with Crippen LogP contribution in [-0.2, 0) is 6.54 Å². The maximum atomic E-state index is 3.52. The van der Waals surface area contributed by atoms with Crippen LogP contribution in [0.2, 0.25) is 0 Å². The highest BCUT2D eigenvalue weighted by atomic mass is 79.9. The zero-order chi connectivity index (χ0) is 12.3. The molecule has 17 heavy (non-hydrogen) atoms. The summed E-state index contributed by atoms with van der Waals surface area (Å²) in [5, 5.41) is 3.40. The van der Waals surface area contributed by atoms with Gasteiger partial charge in [0, 0.05) is 25.7 Å². The molecule has 1 N–H and O–H groups in total. The summed E-state index contributed by atoms with van der Waals surface area (Å²) in [4.78, 5) is 0. The Balaban J connectivity index is 2.07. The number of rotatable bonds is 3. The Morgan fingerprint density at radius 2 is 1.47 bits per heavy atom. The summed E-state index contributed by atoms with van der Waals surface area (Å²) in [5.41, 5.74) is 2.34. The predicted octanol–water partition coefficient (Wildman–Crippen LogP) is 5.59. The molecule has 0 aliphatic carbocycles. The van der Waals surface area contributed by atoms with E-state index in [1.807, 2.05) is 24.3 Å². The second-order valence-corrected chi connectivity index (χ2v) is 6.29. The molecule has 0 saturated carbocycles. The van der Waals surface area contributed by atoms with E-state index in [4.69, 9.17) is 0 Å². The Labute approximate surface area is 126 Å². The lowest BCUT2D eigenvalue weighted by molar-refractivity contribution is 1.14. The smallest absolute Gasteiger partial charge is 0.0498 e. The van der Waals surface area contributed by atoms with E-state index in [0.29, 0.717) is 0 Å². The molecule has 0 aromatic heterocycles. The molecule has 1 nitrogen and oxygen atoms in total. The van der Waals surface area contributed by atoms with Crippen molar-refractivity contribution in [3.63, 3.8) is 0 Å². The third-order valence-electron chi connectivity index (χ3n) is 2.32. The lowest BCUT2D eigenvalue weighted by Crippen LogP contribution is -1.99. The van der Waals surface area contributed by atoms with Gasteiger partial charge in [-0.05, 0) is 51.8 Å². The van der Waals surface area contributed by atoms with E-state index in [1.54, 1.807) is 0 Å². The summed E-state index contributed by atoms with van der Waals surface area (Å²) >= 11 is 10.4. The van der Waals surface area contributed by atoms with E-state index in [-0.39, 0.29) is 0 Å². The van der Waals surface area contributed by atoms with Gasteiger partial charge in [-0.15, -0.1) is 0 Å². The Kier molecular flexibility index (Phi) is 4.65. The van der Waals surface area contributed by atoms with Gasteiger partial charge in [-0.3, -0.25) is 0 Å². The van der Waals surface area contributed by atoms with E-state index < -0.39 is 0 Å². The largest absolute Gasteiger partial charge is 0.380 e. The van der Waals surface area contributed by atoms with Gasteiger partial charge in [0.1, 0.15) is 0 Å². The van der Waals surface area contributed by atoms with Crippen LogP contribution in [0.25, 0.3) is 0 Å². The van der Waals surface area contributed by atoms with Gasteiger partial charge in [0.15, 0.2) is 0 Å². The minimum absolute atomic E-state index is 0.808. The molecule has 0 atom stereocenters. The highest BCUT2D eigenvalue weighted by molar-refractivity contribution is 9.11. The van der Waals surface area contributed by atoms with Crippen LogP contribution >= 0.6 is 47.8 Å². The molecular weight excluding hydrogens is 410 g/mol. The van der Waals surface area contributed by atoms with Gasteiger partial charge >= 0.3 is 0 Å². The van der Waals surface area contributed by atoms with Gasteiger partial charge < -0.3 is 5.32 Å². The maximum absolute atomic E-state index is 3.52. The van der Waals surface area contributed by atoms with Crippen LogP contribution in [0, 0.1) is 0 Å². The average molecular weight is 420 g/mol. The summed E-state index contributed by atoms with van der Waals surface area (Å²) in [7, 11) is 0. The quantitative estimate of drug-likeness (QED) is 0.684. The van der Waals surface area contributed by atoms with Crippen LogP contribution in [0.15, 0.2) is 55.9 Å². The van der Waals surface area contributed by atoms with Crippen molar-refractivity contribution in [1.29, 1.82) is 0 Å². The molecule has 88 valence electrons. The van der Waals surface area contributed by atoms with Crippen molar-refractivity contribution in [2.45, 2.75) is 6.54 Å². The minimum Gasteiger partial charge on any atom is -0.380 e. The molecule has 0 bridgehead atoms. The molecule has 0 spiro atoms. The monoisotopic (exact) mass is 417 g/mol. The number of hydrogen-bond acceptors (Lipinski definition) is 1. The van der Waals surface area contributed by atoms with Crippen molar-refractivity contribution in [3.8, 4) is 0 Å². The Hall–Kier alpha value is -0.320. The van der Waals surface area contributed by atoms with Crippen LogP contribution in [0.3, 0.4) is 0 Å². The number of anilines is 1. The molecule has 0 aliphatic heterocycles. The molecule has 2 aromatic rings. The highest BCUT2D eigenvalue weighted by Crippen LogP contribution is 2.26. The van der Waals surface area contributed by atoms with E-state index in [2.05, 4.69) is 71.3 Å². The van der Waals surface area contributed by atoms with Gasteiger partial charge in [0.05, 0.1) is 0 Å². The fraction of sp³-hybridized carbons (Fsp3) is 0.0769. The van der Waals surface area contributed by atoms with Crippen molar-refractivity contribution in [2.24, 2.45) is 0 Å². The minimum atomic E-state index is 0.808. The third kappa shape index (κ3) is 3.83. The highest BCUT2D eigenvalue weighted by Gasteiger charge is 2.00. The molecule has 0 aliphatic rings. The number of benzene rings is 2. The molecule has 0 saturated heterocycles. The van der Waals surface area contributed by atoms with Gasteiger partial charge in [0.25, 0.3) is 0 Å². The maximum Gasteiger partial charge on any atom is 0.0498 e. The van der Waals surface area contributed by atoms with E-state index in [0.717, 1.165) is 25.7 Å². The first-order valence-corrected chi connectivity index (χ1v) is 7.46. The lowest BCUT2D eigenvalue weighted by atomic mass is 10.2. The second kappa shape index (κ2) is 6.03. The zero-order valence-corrected chi connectivity index (χ0v) is 13.6. The molecule has 0 radical (unpaired) electrons. The van der Waals surface area contributed by atoms with E-state index in [9.17, 15) is 0 Å². The average Bonchev–Trinajstić information content (AvgIpc) is 2.32. The van der Waals surface area contributed by atoms with Crippen LogP contribution in [-0.4, -0.2) is 0 Å². The first-order valence-electron chi connectivity index (χ1n) is 5.08. The summed E-state index contributed by atoms with van der Waals surface area (Å²) in [6.07, 6.45) is 0. The summed E-state index contributed by atoms with van der Waals surface area (Å²) < 4.78 is 3.24. The third-order valence-corrected chi connectivity index (χ3v) is 4.04. The van der Waals surface area contributed by atoms with Crippen LogP contribution in [0.1, 0.15) is 5.56 Å². The number of nitrogens with one attached hydrogen (secondary N) is 1. The normalized spacial score (nSPS) is 10.3. The van der Waals surface area contributed by atoms with Crippen molar-refractivity contribution in [2.75, 3.05) is 5.32 Å². The van der Waals surface area contributed by atoms with E-state index >= 15 is 0 Å². The predicted molar refractivity (Wildman–Crippen MR) is 83.3 cm³/mol. The number of halogens is 3. The molecule has 0 amide bonds. The van der Waals surface area contributed by atoms with Crippen LogP contribution in [0.5, 0.6) is 0 Å². The molecule has 2 rings (SSSR count). The van der Waals surface area contributed by atoms with Crippen LogP contribution in [0.4, 0.5) is 5.69 Å². The molecule has 0 fully saturated rings. The SMILES string of the molecule is Brc1ccc(CNc2cc(Br)ccc2Br)cc1. The first kappa shape index (κ1) is 13.1. The van der Waals surface area contributed by atoms with Crippen LogP contribution < -0.4 is 5.32 Å². The molecule has 4 heteroatoms. The Bertz CT molecular complexity index is 509. The first-order chi connectivity index (χ1) is 8.15. The Morgan fingerprint density at radius 1 is 0.824 bits per heavy atom. The topological polar surface area (TPSA) is 12.0 Å². The van der Waals surface area contributed by atoms with Crippen molar-refractivity contribution in [1.82, 2.24) is 0 Å². The molecular formula is C13H10Br3N. The Morgan fingerprint density at radius 3 is 2.18 bits per heavy atom. The standard InChI is InChI=1S/C13H10Br3N/c14-10-3-1-9(2-4-10)8-17-13-7-11(15)5-6-12(13)16/h1-7,17H,8H2. The van der Waals surface area contributed by atoms with Gasteiger partial charge in [-0.25, -0.2) is 0 Å². The molecule has 0 heterocycles. The summed E-state index contributed by atoms with van der Waals surface area (Å²) in [5.74, 6) is 0.